The Hall–Kier alpha value is -4.14. The standard InChI is InChI=1S/C27H30N6O3/c1-18-5-4-6-20(15-18)26-30-29-24-9-10-25(31-33(24)26)32-13-11-19(12-14-32)27(34)28-17-21-7-8-22(35-2)16-23(21)36-3/h4-10,15-16,19H,11-14,17H2,1-3H3,(H,28,34). The van der Waals surface area contributed by atoms with Gasteiger partial charge in [0.25, 0.3) is 0 Å². The van der Waals surface area contributed by atoms with Crippen molar-refractivity contribution >= 4 is 17.4 Å². The van der Waals surface area contributed by atoms with Crippen LogP contribution in [0.5, 0.6) is 11.5 Å². The molecule has 0 atom stereocenters. The summed E-state index contributed by atoms with van der Waals surface area (Å²) in [6.45, 7) is 3.98. The van der Waals surface area contributed by atoms with Crippen molar-refractivity contribution in [3.63, 3.8) is 0 Å². The quantitative estimate of drug-likeness (QED) is 0.426. The predicted molar refractivity (Wildman–Crippen MR) is 137 cm³/mol. The van der Waals surface area contributed by atoms with Gasteiger partial charge in [-0.2, -0.15) is 4.52 Å². The van der Waals surface area contributed by atoms with Gasteiger partial charge in [-0.1, -0.05) is 23.8 Å². The number of fused-ring (bicyclic) bond motifs is 1. The zero-order valence-electron chi connectivity index (χ0n) is 20.8. The Balaban J connectivity index is 1.22. The Kier molecular flexibility index (Phi) is 6.71. The number of aromatic nitrogens is 4. The highest BCUT2D eigenvalue weighted by Crippen LogP contribution is 2.26. The van der Waals surface area contributed by atoms with Crippen molar-refractivity contribution in [2.24, 2.45) is 5.92 Å². The third-order valence-electron chi connectivity index (χ3n) is 6.66. The lowest BCUT2D eigenvalue weighted by Crippen LogP contribution is -2.40. The van der Waals surface area contributed by atoms with Crippen LogP contribution in [0.2, 0.25) is 0 Å². The number of methoxy groups -OCH3 is 2. The van der Waals surface area contributed by atoms with E-state index in [1.807, 2.05) is 42.5 Å². The van der Waals surface area contributed by atoms with E-state index in [-0.39, 0.29) is 11.8 Å². The summed E-state index contributed by atoms with van der Waals surface area (Å²) < 4.78 is 12.5. The van der Waals surface area contributed by atoms with Crippen molar-refractivity contribution in [3.05, 3.63) is 65.7 Å². The zero-order chi connectivity index (χ0) is 25.1. The molecule has 186 valence electrons. The minimum absolute atomic E-state index is 0.0352. The molecule has 9 heteroatoms. The van der Waals surface area contributed by atoms with Crippen LogP contribution >= 0.6 is 0 Å². The molecule has 5 rings (SSSR count). The molecule has 0 bridgehead atoms. The maximum Gasteiger partial charge on any atom is 0.223 e. The molecule has 1 aliphatic heterocycles. The zero-order valence-corrected chi connectivity index (χ0v) is 20.8. The normalized spacial score (nSPS) is 14.1. The fraction of sp³-hybridized carbons (Fsp3) is 0.333. The van der Waals surface area contributed by atoms with Gasteiger partial charge in [-0.05, 0) is 50.1 Å². The van der Waals surface area contributed by atoms with Gasteiger partial charge in [0.05, 0.1) is 14.2 Å². The Morgan fingerprint density at radius 1 is 1.03 bits per heavy atom. The molecule has 1 saturated heterocycles. The van der Waals surface area contributed by atoms with Gasteiger partial charge in [0.2, 0.25) is 5.91 Å². The summed E-state index contributed by atoms with van der Waals surface area (Å²) in [6, 6.07) is 17.7. The number of aryl methyl sites for hydroxylation is 1. The van der Waals surface area contributed by atoms with Crippen molar-refractivity contribution in [1.82, 2.24) is 25.1 Å². The maximum absolute atomic E-state index is 12.9. The largest absolute Gasteiger partial charge is 0.497 e. The first kappa shape index (κ1) is 23.6. The molecule has 0 saturated carbocycles. The molecule has 36 heavy (non-hydrogen) atoms. The van der Waals surface area contributed by atoms with Crippen molar-refractivity contribution in [2.45, 2.75) is 26.3 Å². The minimum atomic E-state index is -0.0352. The fourth-order valence-electron chi connectivity index (χ4n) is 4.61. The van der Waals surface area contributed by atoms with Crippen LogP contribution in [0.25, 0.3) is 17.0 Å². The number of anilines is 1. The first-order valence-electron chi connectivity index (χ1n) is 12.1. The molecule has 1 aliphatic rings. The first-order valence-corrected chi connectivity index (χ1v) is 12.1. The van der Waals surface area contributed by atoms with E-state index in [0.29, 0.717) is 17.9 Å². The number of nitrogens with one attached hydrogen (secondary N) is 1. The van der Waals surface area contributed by atoms with E-state index in [0.717, 1.165) is 60.0 Å². The van der Waals surface area contributed by atoms with Gasteiger partial charge < -0.3 is 19.7 Å². The lowest BCUT2D eigenvalue weighted by Gasteiger charge is -2.32. The van der Waals surface area contributed by atoms with Crippen molar-refractivity contribution in [2.75, 3.05) is 32.2 Å². The van der Waals surface area contributed by atoms with Crippen molar-refractivity contribution < 1.29 is 14.3 Å². The van der Waals surface area contributed by atoms with Gasteiger partial charge in [0, 0.05) is 42.7 Å². The summed E-state index contributed by atoms with van der Waals surface area (Å²) in [4.78, 5) is 15.1. The molecule has 1 fully saturated rings. The monoisotopic (exact) mass is 486 g/mol. The average Bonchev–Trinajstić information content (AvgIpc) is 3.35. The van der Waals surface area contributed by atoms with Crippen LogP contribution in [0, 0.1) is 12.8 Å². The third-order valence-corrected chi connectivity index (χ3v) is 6.66. The number of hydrogen-bond donors (Lipinski definition) is 1. The van der Waals surface area contributed by atoms with E-state index < -0.39 is 0 Å². The van der Waals surface area contributed by atoms with Crippen LogP contribution in [0.15, 0.2) is 54.6 Å². The summed E-state index contributed by atoms with van der Waals surface area (Å²) in [5.74, 6) is 3.03. The van der Waals surface area contributed by atoms with Gasteiger partial charge >= 0.3 is 0 Å². The molecule has 1 amide bonds. The second-order valence-corrected chi connectivity index (χ2v) is 9.01. The minimum Gasteiger partial charge on any atom is -0.497 e. The highest BCUT2D eigenvalue weighted by Gasteiger charge is 2.26. The molecule has 4 aromatic rings. The van der Waals surface area contributed by atoms with Gasteiger partial charge in [0.1, 0.15) is 17.3 Å². The number of piperidine rings is 1. The van der Waals surface area contributed by atoms with Crippen LogP contribution in [-0.2, 0) is 11.3 Å². The predicted octanol–water partition coefficient (Wildman–Crippen LogP) is 3.65. The molecule has 0 aliphatic carbocycles. The van der Waals surface area contributed by atoms with Gasteiger partial charge in [0.15, 0.2) is 11.5 Å². The van der Waals surface area contributed by atoms with Crippen molar-refractivity contribution in [1.29, 1.82) is 0 Å². The Bertz CT molecular complexity index is 1380. The van der Waals surface area contributed by atoms with Crippen LogP contribution in [-0.4, -0.2) is 53.0 Å². The molecule has 2 aromatic carbocycles. The molecule has 3 heterocycles. The fourth-order valence-corrected chi connectivity index (χ4v) is 4.61. The SMILES string of the molecule is COc1ccc(CNC(=O)C2CCN(c3ccc4nnc(-c5cccc(C)c5)n4n3)CC2)c(OC)c1. The summed E-state index contributed by atoms with van der Waals surface area (Å²) in [5.41, 5.74) is 3.76. The number of benzene rings is 2. The number of rotatable bonds is 7. The van der Waals surface area contributed by atoms with E-state index in [9.17, 15) is 4.79 Å². The van der Waals surface area contributed by atoms with Crippen molar-refractivity contribution in [3.8, 4) is 22.9 Å². The summed E-state index contributed by atoms with van der Waals surface area (Å²) in [5, 5.41) is 16.5. The second kappa shape index (κ2) is 10.2. The molecule has 0 spiro atoms. The Morgan fingerprint density at radius 2 is 1.86 bits per heavy atom. The number of carbonyl (C=O) groups excluding carboxylic acids is 1. The molecule has 0 radical (unpaired) electrons. The van der Waals surface area contributed by atoms with E-state index in [4.69, 9.17) is 14.6 Å². The summed E-state index contributed by atoms with van der Waals surface area (Å²) in [7, 11) is 3.23. The lowest BCUT2D eigenvalue weighted by molar-refractivity contribution is -0.125. The molecule has 0 unspecified atom stereocenters. The van der Waals surface area contributed by atoms with E-state index >= 15 is 0 Å². The van der Waals surface area contributed by atoms with Crippen LogP contribution < -0.4 is 19.7 Å². The number of ether oxygens (including phenoxy) is 2. The summed E-state index contributed by atoms with van der Waals surface area (Å²) >= 11 is 0. The van der Waals surface area contributed by atoms with Crippen LogP contribution in [0.3, 0.4) is 0 Å². The number of hydrogen-bond acceptors (Lipinski definition) is 7. The average molecular weight is 487 g/mol. The lowest BCUT2D eigenvalue weighted by atomic mass is 9.96. The molecular weight excluding hydrogens is 456 g/mol. The Morgan fingerprint density at radius 3 is 2.61 bits per heavy atom. The topological polar surface area (TPSA) is 93.9 Å². The van der Waals surface area contributed by atoms with E-state index in [1.165, 1.54) is 0 Å². The maximum atomic E-state index is 12.9. The van der Waals surface area contributed by atoms with E-state index in [1.54, 1.807) is 18.7 Å². The number of nitrogens with zero attached hydrogens (tertiary/aromatic N) is 5. The Labute approximate surface area is 210 Å². The highest BCUT2D eigenvalue weighted by atomic mass is 16.5. The van der Waals surface area contributed by atoms with Gasteiger partial charge in [-0.3, -0.25) is 4.79 Å². The van der Waals surface area contributed by atoms with Gasteiger partial charge in [-0.15, -0.1) is 15.3 Å². The van der Waals surface area contributed by atoms with Gasteiger partial charge in [-0.25, -0.2) is 0 Å². The molecule has 9 nitrogen and oxygen atoms in total. The first-order chi connectivity index (χ1) is 17.6. The van der Waals surface area contributed by atoms with E-state index in [2.05, 4.69) is 39.5 Å². The van der Waals surface area contributed by atoms with Crippen LogP contribution in [0.1, 0.15) is 24.0 Å². The smallest absolute Gasteiger partial charge is 0.223 e. The third kappa shape index (κ3) is 4.82. The molecular formula is C27H30N6O3. The molecule has 1 N–H and O–H groups in total. The summed E-state index contributed by atoms with van der Waals surface area (Å²) in [6.07, 6.45) is 1.52. The number of amides is 1. The number of carbonyl (C=O) groups is 1. The van der Waals surface area contributed by atoms with Crippen LogP contribution in [0.4, 0.5) is 5.82 Å². The highest BCUT2D eigenvalue weighted by molar-refractivity contribution is 5.79. The second-order valence-electron chi connectivity index (χ2n) is 9.01. The molecule has 2 aromatic heterocycles.